The highest BCUT2D eigenvalue weighted by molar-refractivity contribution is 5.66. The van der Waals surface area contributed by atoms with Gasteiger partial charge in [0.25, 0.3) is 5.69 Å². The molecule has 1 unspecified atom stereocenters. The number of hydrogen-bond donors (Lipinski definition) is 2. The summed E-state index contributed by atoms with van der Waals surface area (Å²) >= 11 is 0. The maximum absolute atomic E-state index is 13.6. The second-order valence-corrected chi connectivity index (χ2v) is 4.64. The predicted molar refractivity (Wildman–Crippen MR) is 77.7 cm³/mol. The van der Waals surface area contributed by atoms with Crippen LogP contribution in [-0.2, 0) is 0 Å². The number of nitro groups is 1. The normalized spacial score (nSPS) is 12.0. The average Bonchev–Trinajstić information content (AvgIpc) is 2.45. The summed E-state index contributed by atoms with van der Waals surface area (Å²) in [5, 5.41) is 23.8. The van der Waals surface area contributed by atoms with Crippen LogP contribution in [0.1, 0.15) is 17.2 Å². The number of aryl methyl sites for hydroxylation is 1. The van der Waals surface area contributed by atoms with Gasteiger partial charge in [0.15, 0.2) is 0 Å². The lowest BCUT2D eigenvalue weighted by Gasteiger charge is -2.15. The molecule has 2 aromatic carbocycles. The third kappa shape index (κ3) is 3.35. The smallest absolute Gasteiger partial charge is 0.292 e. The van der Waals surface area contributed by atoms with Crippen molar-refractivity contribution in [2.45, 2.75) is 13.0 Å². The zero-order valence-electron chi connectivity index (χ0n) is 11.4. The Morgan fingerprint density at radius 2 is 2.00 bits per heavy atom. The maximum Gasteiger partial charge on any atom is 0.292 e. The Hall–Kier alpha value is -2.47. The van der Waals surface area contributed by atoms with Gasteiger partial charge in [-0.25, -0.2) is 4.39 Å². The second kappa shape index (κ2) is 6.32. The maximum atomic E-state index is 13.6. The number of rotatable bonds is 5. The van der Waals surface area contributed by atoms with E-state index in [1.54, 1.807) is 25.1 Å². The molecule has 5 nitrogen and oxygen atoms in total. The molecule has 0 bridgehead atoms. The molecule has 0 saturated heterocycles. The van der Waals surface area contributed by atoms with E-state index in [1.807, 2.05) is 0 Å². The lowest BCUT2D eigenvalue weighted by Crippen LogP contribution is -2.15. The highest BCUT2D eigenvalue weighted by Crippen LogP contribution is 2.28. The quantitative estimate of drug-likeness (QED) is 0.655. The topological polar surface area (TPSA) is 75.4 Å². The van der Waals surface area contributed by atoms with Crippen LogP contribution in [0.3, 0.4) is 0 Å². The van der Waals surface area contributed by atoms with Crippen molar-refractivity contribution in [3.05, 3.63) is 69.5 Å². The molecule has 2 aromatic rings. The van der Waals surface area contributed by atoms with Gasteiger partial charge in [-0.15, -0.1) is 0 Å². The number of nitrogens with one attached hydrogen (secondary N) is 1. The number of para-hydroxylation sites is 1. The summed E-state index contributed by atoms with van der Waals surface area (Å²) in [7, 11) is 0. The van der Waals surface area contributed by atoms with Crippen molar-refractivity contribution in [2.24, 2.45) is 0 Å². The van der Waals surface area contributed by atoms with Crippen molar-refractivity contribution in [2.75, 3.05) is 11.9 Å². The van der Waals surface area contributed by atoms with Crippen molar-refractivity contribution in [3.8, 4) is 0 Å². The third-order valence-corrected chi connectivity index (χ3v) is 3.18. The molecule has 6 heteroatoms. The summed E-state index contributed by atoms with van der Waals surface area (Å²) < 4.78 is 13.6. The zero-order valence-corrected chi connectivity index (χ0v) is 11.4. The van der Waals surface area contributed by atoms with Gasteiger partial charge in [-0.3, -0.25) is 10.1 Å². The Balaban J connectivity index is 2.17. The highest BCUT2D eigenvalue weighted by Gasteiger charge is 2.18. The summed E-state index contributed by atoms with van der Waals surface area (Å²) in [6.07, 6.45) is -1.09. The molecular weight excluding hydrogens is 275 g/mol. The standard InChI is InChI=1S/C15H15FN2O3/c1-10-5-4-8-13(18(20)21)15(10)17-9-14(19)11-6-2-3-7-12(11)16/h2-8,14,17,19H,9H2,1H3. The molecule has 1 atom stereocenters. The first-order valence-corrected chi connectivity index (χ1v) is 6.41. The van der Waals surface area contributed by atoms with E-state index in [0.717, 1.165) is 0 Å². The average molecular weight is 290 g/mol. The van der Waals surface area contributed by atoms with Crippen LogP contribution in [0.2, 0.25) is 0 Å². The van der Waals surface area contributed by atoms with Crippen molar-refractivity contribution in [1.82, 2.24) is 0 Å². The number of nitro benzene ring substituents is 1. The predicted octanol–water partition coefficient (Wildman–Crippen LogP) is 3.19. The van der Waals surface area contributed by atoms with E-state index in [0.29, 0.717) is 11.3 Å². The Morgan fingerprint density at radius 1 is 1.29 bits per heavy atom. The number of aliphatic hydroxyl groups excluding tert-OH is 1. The first kappa shape index (κ1) is 14.9. The molecule has 110 valence electrons. The number of halogens is 1. The van der Waals surface area contributed by atoms with Gasteiger partial charge in [0.1, 0.15) is 11.5 Å². The summed E-state index contributed by atoms with van der Waals surface area (Å²) in [5.41, 5.74) is 1.10. The fraction of sp³-hybridized carbons (Fsp3) is 0.200. The van der Waals surface area contributed by atoms with Gasteiger partial charge in [-0.05, 0) is 18.6 Å². The molecule has 2 N–H and O–H groups in total. The van der Waals surface area contributed by atoms with Gasteiger partial charge in [0.2, 0.25) is 0 Å². The molecule has 0 aromatic heterocycles. The summed E-state index contributed by atoms with van der Waals surface area (Å²) in [5.74, 6) is -0.508. The van der Waals surface area contributed by atoms with Gasteiger partial charge in [0, 0.05) is 18.2 Å². The number of anilines is 1. The van der Waals surface area contributed by atoms with Gasteiger partial charge < -0.3 is 10.4 Å². The van der Waals surface area contributed by atoms with Gasteiger partial charge in [0.05, 0.1) is 11.0 Å². The Bertz CT molecular complexity index is 661. The minimum absolute atomic E-state index is 0.0212. The minimum Gasteiger partial charge on any atom is -0.386 e. The minimum atomic E-state index is -1.09. The van der Waals surface area contributed by atoms with E-state index in [-0.39, 0.29) is 17.8 Å². The molecule has 0 saturated carbocycles. The fourth-order valence-electron chi connectivity index (χ4n) is 2.09. The van der Waals surface area contributed by atoms with Crippen LogP contribution in [0.25, 0.3) is 0 Å². The van der Waals surface area contributed by atoms with Crippen molar-refractivity contribution in [1.29, 1.82) is 0 Å². The molecule has 0 amide bonds. The molecule has 0 aliphatic heterocycles. The van der Waals surface area contributed by atoms with Gasteiger partial charge >= 0.3 is 0 Å². The Kier molecular flexibility index (Phi) is 4.49. The molecule has 0 aliphatic rings. The summed E-state index contributed by atoms with van der Waals surface area (Å²) in [6.45, 7) is 1.71. The van der Waals surface area contributed by atoms with E-state index in [9.17, 15) is 19.6 Å². The van der Waals surface area contributed by atoms with Crippen LogP contribution < -0.4 is 5.32 Å². The number of hydrogen-bond acceptors (Lipinski definition) is 4. The number of aliphatic hydroxyl groups is 1. The van der Waals surface area contributed by atoms with E-state index in [1.165, 1.54) is 24.3 Å². The van der Waals surface area contributed by atoms with Crippen LogP contribution in [0, 0.1) is 22.9 Å². The highest BCUT2D eigenvalue weighted by atomic mass is 19.1. The van der Waals surface area contributed by atoms with Crippen LogP contribution in [-0.4, -0.2) is 16.6 Å². The fourth-order valence-corrected chi connectivity index (χ4v) is 2.09. The van der Waals surface area contributed by atoms with Gasteiger partial charge in [-0.1, -0.05) is 30.3 Å². The van der Waals surface area contributed by atoms with E-state index >= 15 is 0 Å². The Morgan fingerprint density at radius 3 is 2.67 bits per heavy atom. The molecule has 21 heavy (non-hydrogen) atoms. The molecule has 0 fully saturated rings. The molecule has 0 aliphatic carbocycles. The van der Waals surface area contributed by atoms with Crippen LogP contribution in [0.15, 0.2) is 42.5 Å². The first-order valence-electron chi connectivity index (χ1n) is 6.41. The van der Waals surface area contributed by atoms with E-state index < -0.39 is 16.8 Å². The largest absolute Gasteiger partial charge is 0.386 e. The van der Waals surface area contributed by atoms with Crippen molar-refractivity contribution < 1.29 is 14.4 Å². The first-order chi connectivity index (χ1) is 10.0. The van der Waals surface area contributed by atoms with Crippen LogP contribution in [0.5, 0.6) is 0 Å². The van der Waals surface area contributed by atoms with Crippen LogP contribution in [0.4, 0.5) is 15.8 Å². The van der Waals surface area contributed by atoms with Gasteiger partial charge in [-0.2, -0.15) is 0 Å². The van der Waals surface area contributed by atoms with Crippen LogP contribution >= 0.6 is 0 Å². The molecule has 0 spiro atoms. The number of benzene rings is 2. The molecule has 0 radical (unpaired) electrons. The molecular formula is C15H15FN2O3. The van der Waals surface area contributed by atoms with E-state index in [2.05, 4.69) is 5.32 Å². The third-order valence-electron chi connectivity index (χ3n) is 3.18. The number of nitrogens with zero attached hydrogens (tertiary/aromatic N) is 1. The monoisotopic (exact) mass is 290 g/mol. The summed E-state index contributed by atoms with van der Waals surface area (Å²) in [6, 6.07) is 10.6. The summed E-state index contributed by atoms with van der Waals surface area (Å²) in [4.78, 5) is 10.5. The molecule has 2 rings (SSSR count). The zero-order chi connectivity index (χ0) is 15.4. The SMILES string of the molecule is Cc1cccc([N+](=O)[O-])c1NCC(O)c1ccccc1F. The Labute approximate surface area is 121 Å². The second-order valence-electron chi connectivity index (χ2n) is 4.64. The lowest BCUT2D eigenvalue weighted by molar-refractivity contribution is -0.384. The lowest BCUT2D eigenvalue weighted by atomic mass is 10.1. The van der Waals surface area contributed by atoms with Crippen molar-refractivity contribution >= 4 is 11.4 Å². The van der Waals surface area contributed by atoms with E-state index in [4.69, 9.17) is 0 Å². The van der Waals surface area contributed by atoms with Crippen molar-refractivity contribution in [3.63, 3.8) is 0 Å². The molecule has 0 heterocycles.